The summed E-state index contributed by atoms with van der Waals surface area (Å²) < 4.78 is 0. The Kier molecular flexibility index (Phi) is 1.21. The Balaban J connectivity index is 2.17. The first-order valence-corrected chi connectivity index (χ1v) is 4.97. The second kappa shape index (κ2) is 2.44. The van der Waals surface area contributed by atoms with Gasteiger partial charge in [-0.3, -0.25) is 9.89 Å². The van der Waals surface area contributed by atoms with Gasteiger partial charge in [0.15, 0.2) is 11.6 Å². The molecule has 5 heteroatoms. The van der Waals surface area contributed by atoms with E-state index in [9.17, 15) is 4.79 Å². The highest BCUT2D eigenvalue weighted by Crippen LogP contribution is 2.44. The highest BCUT2D eigenvalue weighted by Gasteiger charge is 2.37. The van der Waals surface area contributed by atoms with Gasteiger partial charge in [0, 0.05) is 29.7 Å². The lowest BCUT2D eigenvalue weighted by molar-refractivity contribution is 0.0979. The number of nitrogens with one attached hydrogen (secondary N) is 1. The molecule has 0 amide bonds. The molecular weight excluding hydrogens is 204 g/mol. The molecule has 0 aromatic carbocycles. The van der Waals surface area contributed by atoms with Gasteiger partial charge in [0.1, 0.15) is 5.69 Å². The summed E-state index contributed by atoms with van der Waals surface area (Å²) in [6.45, 7) is 0. The van der Waals surface area contributed by atoms with Crippen LogP contribution < -0.4 is 0 Å². The van der Waals surface area contributed by atoms with Crippen LogP contribution >= 0.6 is 0 Å². The number of nitrogens with zero attached hydrogens (tertiary/aromatic N) is 3. The summed E-state index contributed by atoms with van der Waals surface area (Å²) in [4.78, 5) is 20.4. The van der Waals surface area contributed by atoms with E-state index in [-0.39, 0.29) is 11.7 Å². The maximum Gasteiger partial charge on any atom is 0.196 e. The summed E-state index contributed by atoms with van der Waals surface area (Å²) in [5.41, 5.74) is 3.28. The number of rotatable bonds is 0. The van der Waals surface area contributed by atoms with Crippen molar-refractivity contribution in [2.24, 2.45) is 4.99 Å². The molecular formula is C11H6N4O. The minimum absolute atomic E-state index is 0.000694. The van der Waals surface area contributed by atoms with E-state index in [1.807, 2.05) is 6.07 Å². The molecule has 0 saturated heterocycles. The molecule has 4 rings (SSSR count). The van der Waals surface area contributed by atoms with Crippen molar-refractivity contribution in [3.63, 3.8) is 0 Å². The highest BCUT2D eigenvalue weighted by atomic mass is 16.1. The number of aromatic amines is 1. The van der Waals surface area contributed by atoms with Crippen LogP contribution in [0.2, 0.25) is 0 Å². The molecule has 0 radical (unpaired) electrons. The number of hydrogen-bond acceptors (Lipinski definition) is 4. The van der Waals surface area contributed by atoms with E-state index < -0.39 is 0 Å². The van der Waals surface area contributed by atoms with Gasteiger partial charge >= 0.3 is 0 Å². The Hall–Kier alpha value is -2.30. The standard InChI is InChI=1S/C11H6N4O/c16-10-7-3-13-11-8(7)5(1-2-12-11)6-4-14-15-9(6)10/h1-4,7H,(H,14,15). The zero-order valence-electron chi connectivity index (χ0n) is 8.14. The van der Waals surface area contributed by atoms with E-state index >= 15 is 0 Å². The topological polar surface area (TPSA) is 71.0 Å². The first-order valence-electron chi connectivity index (χ1n) is 4.97. The van der Waals surface area contributed by atoms with Gasteiger partial charge in [0.05, 0.1) is 5.92 Å². The second-order valence-electron chi connectivity index (χ2n) is 3.86. The zero-order chi connectivity index (χ0) is 10.7. The van der Waals surface area contributed by atoms with Gasteiger partial charge in [-0.05, 0) is 11.6 Å². The van der Waals surface area contributed by atoms with Crippen molar-refractivity contribution in [1.29, 1.82) is 0 Å². The van der Waals surface area contributed by atoms with Crippen LogP contribution in [0.3, 0.4) is 0 Å². The number of ketones is 1. The Morgan fingerprint density at radius 2 is 2.25 bits per heavy atom. The fourth-order valence-electron chi connectivity index (χ4n) is 2.36. The molecule has 2 aliphatic rings. The molecule has 0 spiro atoms. The van der Waals surface area contributed by atoms with Gasteiger partial charge in [-0.1, -0.05) is 0 Å². The van der Waals surface area contributed by atoms with E-state index in [2.05, 4.69) is 20.2 Å². The molecule has 2 aromatic rings. The van der Waals surface area contributed by atoms with Crippen molar-refractivity contribution in [3.05, 3.63) is 29.7 Å². The third-order valence-corrected chi connectivity index (χ3v) is 3.07. The molecule has 2 aromatic heterocycles. The van der Waals surface area contributed by atoms with E-state index in [1.165, 1.54) is 0 Å². The Bertz CT molecular complexity index is 656. The molecule has 1 atom stereocenters. The van der Waals surface area contributed by atoms with E-state index in [4.69, 9.17) is 0 Å². The summed E-state index contributed by atoms with van der Waals surface area (Å²) in [6, 6.07) is 1.90. The van der Waals surface area contributed by atoms with Gasteiger partial charge in [-0.15, -0.1) is 0 Å². The molecule has 1 aliphatic heterocycles. The minimum atomic E-state index is -0.297. The summed E-state index contributed by atoms with van der Waals surface area (Å²) in [7, 11) is 0. The predicted molar refractivity (Wildman–Crippen MR) is 57.0 cm³/mol. The largest absolute Gasteiger partial charge is 0.291 e. The van der Waals surface area contributed by atoms with Gasteiger partial charge in [-0.2, -0.15) is 5.10 Å². The number of carbonyl (C=O) groups is 1. The maximum atomic E-state index is 12.1. The van der Waals surface area contributed by atoms with E-state index in [1.54, 1.807) is 18.6 Å². The summed E-state index contributed by atoms with van der Waals surface area (Å²) >= 11 is 0. The summed E-state index contributed by atoms with van der Waals surface area (Å²) in [5.74, 6) is 0.358. The van der Waals surface area contributed by atoms with E-state index in [0.29, 0.717) is 11.5 Å². The van der Waals surface area contributed by atoms with Gasteiger partial charge < -0.3 is 0 Å². The summed E-state index contributed by atoms with van der Waals surface area (Å²) in [6.07, 6.45) is 5.11. The van der Waals surface area contributed by atoms with Crippen LogP contribution in [0.25, 0.3) is 11.1 Å². The SMILES string of the molecule is O=C1c2n[nH]cc2-c2ccnc3c2C1C=N3. The van der Waals surface area contributed by atoms with Crippen molar-refractivity contribution in [2.45, 2.75) is 5.92 Å². The van der Waals surface area contributed by atoms with Crippen LogP contribution in [0.1, 0.15) is 22.0 Å². The number of aliphatic imine (C=N–C) groups is 1. The Morgan fingerprint density at radius 3 is 3.19 bits per heavy atom. The predicted octanol–water partition coefficient (Wildman–Crippen LogP) is 1.47. The monoisotopic (exact) mass is 210 g/mol. The van der Waals surface area contributed by atoms with Crippen molar-refractivity contribution < 1.29 is 4.79 Å². The lowest BCUT2D eigenvalue weighted by atomic mass is 9.83. The molecule has 0 fully saturated rings. The highest BCUT2D eigenvalue weighted by molar-refractivity contribution is 6.18. The fourth-order valence-corrected chi connectivity index (χ4v) is 2.36. The number of hydrogen-bond donors (Lipinski definition) is 1. The molecule has 1 N–H and O–H groups in total. The first-order chi connectivity index (χ1) is 7.86. The fraction of sp³-hybridized carbons (Fsp3) is 0.0909. The third kappa shape index (κ3) is 0.735. The lowest BCUT2D eigenvalue weighted by Gasteiger charge is -2.17. The van der Waals surface area contributed by atoms with Crippen LogP contribution in [0.5, 0.6) is 0 Å². The number of Topliss-reactive ketones (excluding diaryl/α,β-unsaturated/α-hetero) is 1. The van der Waals surface area contributed by atoms with Crippen LogP contribution in [-0.4, -0.2) is 27.2 Å². The number of pyridine rings is 1. The number of carbonyl (C=O) groups excluding carboxylic acids is 1. The normalized spacial score (nSPS) is 19.8. The average Bonchev–Trinajstić information content (AvgIpc) is 2.93. The van der Waals surface area contributed by atoms with Crippen molar-refractivity contribution in [3.8, 4) is 11.1 Å². The number of aromatic nitrogens is 3. The third-order valence-electron chi connectivity index (χ3n) is 3.07. The molecule has 1 aliphatic carbocycles. The summed E-state index contributed by atoms with van der Waals surface area (Å²) in [5, 5.41) is 6.74. The minimum Gasteiger partial charge on any atom is -0.291 e. The van der Waals surface area contributed by atoms with Crippen LogP contribution in [-0.2, 0) is 0 Å². The average molecular weight is 210 g/mol. The van der Waals surface area contributed by atoms with E-state index in [0.717, 1.165) is 16.7 Å². The van der Waals surface area contributed by atoms with Crippen molar-refractivity contribution in [1.82, 2.24) is 15.2 Å². The number of H-pyrrole nitrogens is 1. The van der Waals surface area contributed by atoms with Crippen LogP contribution in [0.4, 0.5) is 5.82 Å². The molecule has 1 unspecified atom stereocenters. The molecule has 16 heavy (non-hydrogen) atoms. The van der Waals surface area contributed by atoms with Gasteiger partial charge in [0.2, 0.25) is 0 Å². The van der Waals surface area contributed by atoms with Gasteiger partial charge in [0.25, 0.3) is 0 Å². The van der Waals surface area contributed by atoms with Crippen LogP contribution in [0, 0.1) is 0 Å². The zero-order valence-corrected chi connectivity index (χ0v) is 8.14. The smallest absolute Gasteiger partial charge is 0.196 e. The van der Waals surface area contributed by atoms with Crippen LogP contribution in [0.15, 0.2) is 23.5 Å². The molecule has 0 saturated carbocycles. The number of fused-ring (bicyclic) bond motifs is 2. The van der Waals surface area contributed by atoms with Gasteiger partial charge in [-0.25, -0.2) is 9.98 Å². The van der Waals surface area contributed by atoms with Crippen molar-refractivity contribution >= 4 is 17.8 Å². The Labute approximate surface area is 90.2 Å². The first kappa shape index (κ1) is 7.92. The molecule has 3 heterocycles. The maximum absolute atomic E-state index is 12.1. The molecule has 0 bridgehead atoms. The second-order valence-corrected chi connectivity index (χ2v) is 3.86. The Morgan fingerprint density at radius 1 is 1.31 bits per heavy atom. The lowest BCUT2D eigenvalue weighted by Crippen LogP contribution is -2.18. The molecule has 76 valence electrons. The molecule has 5 nitrogen and oxygen atoms in total. The van der Waals surface area contributed by atoms with Crippen molar-refractivity contribution in [2.75, 3.05) is 0 Å². The quantitative estimate of drug-likeness (QED) is 0.715.